The summed E-state index contributed by atoms with van der Waals surface area (Å²) in [5, 5.41) is 19.8. The van der Waals surface area contributed by atoms with Crippen molar-refractivity contribution in [2.75, 3.05) is 31.7 Å². The Morgan fingerprint density at radius 2 is 2.17 bits per heavy atom. The summed E-state index contributed by atoms with van der Waals surface area (Å²) in [4.78, 5) is 6.02. The van der Waals surface area contributed by atoms with Crippen molar-refractivity contribution in [1.29, 1.82) is 0 Å². The lowest BCUT2D eigenvalue weighted by Crippen LogP contribution is -2.46. The maximum atomic E-state index is 10.5. The number of likely N-dealkylation sites (N-methyl/N-ethyl adjacent to an activating group) is 1. The highest BCUT2D eigenvalue weighted by Crippen LogP contribution is 2.25. The molecule has 0 radical (unpaired) electrons. The van der Waals surface area contributed by atoms with Gasteiger partial charge < -0.3 is 19.8 Å². The first kappa shape index (κ1) is 13.3. The topological polar surface area (TPSA) is 65.8 Å². The number of hydrogen-bond acceptors (Lipinski definition) is 5. The highest BCUT2D eigenvalue weighted by molar-refractivity contribution is 5.51. The first-order valence-electron chi connectivity index (χ1n) is 6.20. The predicted molar refractivity (Wildman–Crippen MR) is 68.4 cm³/mol. The quantitative estimate of drug-likeness (QED) is 0.819. The second-order valence-corrected chi connectivity index (χ2v) is 4.86. The van der Waals surface area contributed by atoms with Crippen molar-refractivity contribution in [2.45, 2.75) is 25.0 Å². The van der Waals surface area contributed by atoms with Gasteiger partial charge in [-0.1, -0.05) is 0 Å². The molecule has 1 aliphatic heterocycles. The Bertz CT molecular complexity index is 392. The number of anilines is 1. The normalized spacial score (nSPS) is 18.6. The summed E-state index contributed by atoms with van der Waals surface area (Å²) in [6.45, 7) is 1.70. The number of hydrogen-bond donors (Lipinski definition) is 2. The van der Waals surface area contributed by atoms with Gasteiger partial charge in [-0.2, -0.15) is 0 Å². The zero-order chi connectivity index (χ0) is 13.0. The van der Waals surface area contributed by atoms with E-state index in [4.69, 9.17) is 4.74 Å². The summed E-state index contributed by atoms with van der Waals surface area (Å²) in [6, 6.07) is 1.79. The van der Waals surface area contributed by atoms with E-state index in [0.29, 0.717) is 32.6 Å². The minimum Gasteiger partial charge on any atom is -0.392 e. The molecule has 0 aromatic carbocycles. The van der Waals surface area contributed by atoms with E-state index in [9.17, 15) is 10.2 Å². The molecule has 100 valence electrons. The number of ether oxygens (including phenoxy) is 1. The Labute approximate surface area is 107 Å². The molecule has 0 aliphatic carbocycles. The van der Waals surface area contributed by atoms with Gasteiger partial charge in [-0.15, -0.1) is 0 Å². The van der Waals surface area contributed by atoms with Gasteiger partial charge in [-0.05, 0) is 6.07 Å². The van der Waals surface area contributed by atoms with Crippen LogP contribution < -0.4 is 4.90 Å². The summed E-state index contributed by atoms with van der Waals surface area (Å²) in [6.07, 6.45) is 4.67. The first-order chi connectivity index (χ1) is 8.64. The Morgan fingerprint density at radius 3 is 2.83 bits per heavy atom. The van der Waals surface area contributed by atoms with Gasteiger partial charge in [0.25, 0.3) is 0 Å². The molecular formula is C13H20N2O3. The average Bonchev–Trinajstić information content (AvgIpc) is 2.39. The van der Waals surface area contributed by atoms with Gasteiger partial charge in [0.05, 0.1) is 24.1 Å². The smallest absolute Gasteiger partial charge is 0.0865 e. The minimum absolute atomic E-state index is 0.0241. The van der Waals surface area contributed by atoms with E-state index in [1.54, 1.807) is 18.5 Å². The maximum absolute atomic E-state index is 10.5. The van der Waals surface area contributed by atoms with Crippen molar-refractivity contribution in [1.82, 2.24) is 4.98 Å². The van der Waals surface area contributed by atoms with E-state index in [1.165, 1.54) is 0 Å². The van der Waals surface area contributed by atoms with Gasteiger partial charge >= 0.3 is 0 Å². The fraction of sp³-hybridized carbons (Fsp3) is 0.615. The molecule has 0 atom stereocenters. The Morgan fingerprint density at radius 1 is 1.44 bits per heavy atom. The summed E-state index contributed by atoms with van der Waals surface area (Å²) in [5.41, 5.74) is 0.971. The Kier molecular flexibility index (Phi) is 4.16. The fourth-order valence-electron chi connectivity index (χ4n) is 2.33. The molecule has 0 bridgehead atoms. The SMILES string of the molecule is CN(CC1(O)CCOCC1)c1cnccc1CO. The van der Waals surface area contributed by atoms with Crippen molar-refractivity contribution in [3.05, 3.63) is 24.0 Å². The van der Waals surface area contributed by atoms with Crippen molar-refractivity contribution < 1.29 is 14.9 Å². The van der Waals surface area contributed by atoms with Crippen molar-refractivity contribution in [3.8, 4) is 0 Å². The van der Waals surface area contributed by atoms with Crippen LogP contribution in [0.2, 0.25) is 0 Å². The van der Waals surface area contributed by atoms with Crippen LogP contribution in [-0.4, -0.2) is 47.6 Å². The molecule has 0 amide bonds. The summed E-state index contributed by atoms with van der Waals surface area (Å²) in [5.74, 6) is 0. The molecule has 2 rings (SSSR count). The molecule has 1 saturated heterocycles. The van der Waals surface area contributed by atoms with Gasteiger partial charge in [0.2, 0.25) is 0 Å². The summed E-state index contributed by atoms with van der Waals surface area (Å²) < 4.78 is 5.27. The molecule has 5 heteroatoms. The van der Waals surface area contributed by atoms with Crippen LogP contribution in [0.25, 0.3) is 0 Å². The van der Waals surface area contributed by atoms with Gasteiger partial charge in [-0.25, -0.2) is 0 Å². The molecule has 1 aromatic rings. The van der Waals surface area contributed by atoms with Gasteiger partial charge in [0.15, 0.2) is 0 Å². The maximum Gasteiger partial charge on any atom is 0.0865 e. The third-order valence-electron chi connectivity index (χ3n) is 3.42. The van der Waals surface area contributed by atoms with Crippen LogP contribution >= 0.6 is 0 Å². The van der Waals surface area contributed by atoms with Crippen LogP contribution in [0, 0.1) is 0 Å². The highest BCUT2D eigenvalue weighted by atomic mass is 16.5. The largest absolute Gasteiger partial charge is 0.392 e. The van der Waals surface area contributed by atoms with Crippen LogP contribution in [0.1, 0.15) is 18.4 Å². The third-order valence-corrected chi connectivity index (χ3v) is 3.42. The summed E-state index contributed by atoms with van der Waals surface area (Å²) >= 11 is 0. The zero-order valence-corrected chi connectivity index (χ0v) is 10.7. The van der Waals surface area contributed by atoms with E-state index in [1.807, 2.05) is 11.9 Å². The zero-order valence-electron chi connectivity index (χ0n) is 10.7. The minimum atomic E-state index is -0.713. The van der Waals surface area contributed by atoms with Gasteiger partial charge in [-0.3, -0.25) is 4.98 Å². The molecule has 0 spiro atoms. The molecular weight excluding hydrogens is 232 g/mol. The molecule has 5 nitrogen and oxygen atoms in total. The van der Waals surface area contributed by atoms with Crippen molar-refractivity contribution in [2.24, 2.45) is 0 Å². The van der Waals surface area contributed by atoms with Crippen LogP contribution in [0.3, 0.4) is 0 Å². The average molecular weight is 252 g/mol. The van der Waals surface area contributed by atoms with Crippen LogP contribution in [0.4, 0.5) is 5.69 Å². The fourth-order valence-corrected chi connectivity index (χ4v) is 2.33. The van der Waals surface area contributed by atoms with Crippen LogP contribution in [-0.2, 0) is 11.3 Å². The monoisotopic (exact) mass is 252 g/mol. The number of pyridine rings is 1. The lowest BCUT2D eigenvalue weighted by molar-refractivity contribution is -0.0572. The lowest BCUT2D eigenvalue weighted by atomic mass is 9.93. The molecule has 0 saturated carbocycles. The van der Waals surface area contributed by atoms with Crippen molar-refractivity contribution >= 4 is 5.69 Å². The van der Waals surface area contributed by atoms with E-state index in [0.717, 1.165) is 11.3 Å². The van der Waals surface area contributed by atoms with Gasteiger partial charge in [0, 0.05) is 51.4 Å². The van der Waals surface area contributed by atoms with Gasteiger partial charge in [0.1, 0.15) is 0 Å². The second-order valence-electron chi connectivity index (χ2n) is 4.86. The molecule has 18 heavy (non-hydrogen) atoms. The molecule has 1 aromatic heterocycles. The third kappa shape index (κ3) is 2.98. The van der Waals surface area contributed by atoms with E-state index < -0.39 is 5.60 Å². The number of nitrogens with zero attached hydrogens (tertiary/aromatic N) is 2. The molecule has 2 heterocycles. The van der Waals surface area contributed by atoms with E-state index in [-0.39, 0.29) is 6.61 Å². The first-order valence-corrected chi connectivity index (χ1v) is 6.20. The van der Waals surface area contributed by atoms with Crippen LogP contribution in [0.15, 0.2) is 18.5 Å². The van der Waals surface area contributed by atoms with E-state index >= 15 is 0 Å². The van der Waals surface area contributed by atoms with Crippen molar-refractivity contribution in [3.63, 3.8) is 0 Å². The predicted octanol–water partition coefficient (Wildman–Crippen LogP) is 0.552. The lowest BCUT2D eigenvalue weighted by Gasteiger charge is -2.36. The number of aromatic nitrogens is 1. The number of aliphatic hydroxyl groups is 2. The Balaban J connectivity index is 2.08. The number of rotatable bonds is 4. The molecule has 0 unspecified atom stereocenters. The molecule has 1 aliphatic rings. The number of aliphatic hydroxyl groups excluding tert-OH is 1. The highest BCUT2D eigenvalue weighted by Gasteiger charge is 2.31. The molecule has 1 fully saturated rings. The van der Waals surface area contributed by atoms with E-state index in [2.05, 4.69) is 4.98 Å². The van der Waals surface area contributed by atoms with Crippen LogP contribution in [0.5, 0.6) is 0 Å². The second kappa shape index (κ2) is 5.65. The molecule has 2 N–H and O–H groups in total. The Hall–Kier alpha value is -1.17. The standard InChI is InChI=1S/C13H20N2O3/c1-15(10-13(17)3-6-18-7-4-13)12-8-14-5-2-11(12)9-16/h2,5,8,16-17H,3-4,6-7,9-10H2,1H3. The summed E-state index contributed by atoms with van der Waals surface area (Å²) in [7, 11) is 1.91.